The summed E-state index contributed by atoms with van der Waals surface area (Å²) in [6, 6.07) is 0. The van der Waals surface area contributed by atoms with Gasteiger partial charge in [-0.2, -0.15) is 0 Å². The molecule has 2 unspecified atom stereocenters. The first-order valence-electron chi connectivity index (χ1n) is 22.1. The van der Waals surface area contributed by atoms with Gasteiger partial charge >= 0.3 is 11.9 Å². The summed E-state index contributed by atoms with van der Waals surface area (Å²) in [4.78, 5) is 37.5. The third kappa shape index (κ3) is 42.8. The van der Waals surface area contributed by atoms with Crippen LogP contribution in [0.25, 0.3) is 0 Å². The molecule has 59 heavy (non-hydrogen) atoms. The van der Waals surface area contributed by atoms with Crippen molar-refractivity contribution < 1.29 is 47.2 Å². The molecule has 0 aromatic heterocycles. The first-order valence-corrected chi connectivity index (χ1v) is 23.5. The van der Waals surface area contributed by atoms with Gasteiger partial charge in [-0.25, -0.2) is 0 Å². The molecule has 0 spiro atoms. The molecule has 1 N–H and O–H groups in total. The highest BCUT2D eigenvalue weighted by molar-refractivity contribution is 7.45. The van der Waals surface area contributed by atoms with E-state index in [9.17, 15) is 24.2 Å². The summed E-state index contributed by atoms with van der Waals surface area (Å²) in [5, 5.41) is 10.2. The van der Waals surface area contributed by atoms with Gasteiger partial charge < -0.3 is 33.0 Å². The number of unbranched alkanes of at least 4 members (excludes halogenated alkanes) is 8. The second kappa shape index (κ2) is 39.1. The van der Waals surface area contributed by atoms with Gasteiger partial charge in [-0.1, -0.05) is 137 Å². The Hall–Kier alpha value is -3.11. The number of quaternary nitrogens is 1. The second-order valence-electron chi connectivity index (χ2n) is 15.5. The molecule has 0 aliphatic carbocycles. The van der Waals surface area contributed by atoms with Crippen LogP contribution in [0, 0.1) is 0 Å². The Morgan fingerprint density at radius 2 is 1.12 bits per heavy atom. The van der Waals surface area contributed by atoms with Crippen LogP contribution in [-0.2, 0) is 32.7 Å². The Balaban J connectivity index is 4.66. The fourth-order valence-corrected chi connectivity index (χ4v) is 5.86. The summed E-state index contributed by atoms with van der Waals surface area (Å²) in [5.41, 5.74) is 0. The van der Waals surface area contributed by atoms with Crippen molar-refractivity contribution in [2.75, 3.05) is 47.5 Å². The average Bonchev–Trinajstić information content (AvgIpc) is 3.18. The normalized spacial score (nSPS) is 15.0. The van der Waals surface area contributed by atoms with Crippen molar-refractivity contribution >= 4 is 19.8 Å². The predicted molar refractivity (Wildman–Crippen MR) is 241 cm³/mol. The average molecular weight is 846 g/mol. The molecule has 0 aromatic carbocycles. The number of phosphoric ester groups is 1. The fourth-order valence-electron chi connectivity index (χ4n) is 5.13. The number of aliphatic hydroxyl groups excluding tert-OH is 1. The summed E-state index contributed by atoms with van der Waals surface area (Å²) < 4.78 is 33.7. The molecule has 0 heterocycles. The van der Waals surface area contributed by atoms with Crippen molar-refractivity contribution in [3.8, 4) is 0 Å². The molecular formula is C48H80NO9P. The van der Waals surface area contributed by atoms with Gasteiger partial charge in [0.1, 0.15) is 19.8 Å². The highest BCUT2D eigenvalue weighted by Gasteiger charge is 2.21. The van der Waals surface area contributed by atoms with E-state index < -0.39 is 38.6 Å². The monoisotopic (exact) mass is 846 g/mol. The van der Waals surface area contributed by atoms with E-state index >= 15 is 0 Å². The SMILES string of the molecule is CCCCC/C=C\C/C=C\C/C=C\C/C=C\CCCC(=O)OC[C@H](COP(=O)([O-])OCC[N+](C)(C)C)OC(=O)CCC/C=C/C=C\C(O)C/C=C\C/C=C\CCCCC. The van der Waals surface area contributed by atoms with E-state index in [4.69, 9.17) is 18.5 Å². The summed E-state index contributed by atoms with van der Waals surface area (Å²) in [6.07, 6.45) is 47.6. The lowest BCUT2D eigenvalue weighted by Gasteiger charge is -2.28. The van der Waals surface area contributed by atoms with E-state index in [2.05, 4.69) is 74.6 Å². The zero-order valence-corrected chi connectivity index (χ0v) is 38.2. The van der Waals surface area contributed by atoms with Crippen LogP contribution < -0.4 is 4.89 Å². The van der Waals surface area contributed by atoms with Gasteiger partial charge in [0.25, 0.3) is 7.82 Å². The molecule has 0 aliphatic heterocycles. The Morgan fingerprint density at radius 1 is 0.627 bits per heavy atom. The smallest absolute Gasteiger partial charge is 0.306 e. The standard InChI is InChI=1S/C48H80NO9P/c1-6-8-10-12-14-16-17-18-19-20-21-22-23-25-27-31-35-39-47(51)55-43-46(44-57-59(53,54)56-42-41-49(3,4)5)58-48(52)40-36-32-28-30-34-38-45(50)37-33-29-26-24-15-13-11-9-7-2/h14-16,18-19,21-22,24-25,27-30,33-34,38,45-46,50H,6-13,17,20,23,26,31-32,35-37,39-44H2,1-5H3/b16-14-,19-18-,22-21-,24-15-,27-25-,30-28+,33-29-,38-34-/t45?,46-/m1/s1. The lowest BCUT2D eigenvalue weighted by Crippen LogP contribution is -2.37. The van der Waals surface area contributed by atoms with Gasteiger partial charge in [0, 0.05) is 12.8 Å². The summed E-state index contributed by atoms with van der Waals surface area (Å²) in [7, 11) is 1.03. The maximum Gasteiger partial charge on any atom is 0.306 e. The van der Waals surface area contributed by atoms with Gasteiger partial charge in [0.15, 0.2) is 6.10 Å². The molecule has 0 aliphatic rings. The molecule has 0 amide bonds. The van der Waals surface area contributed by atoms with E-state index in [1.54, 1.807) is 12.2 Å². The Kier molecular flexibility index (Phi) is 37.0. The minimum atomic E-state index is -4.68. The van der Waals surface area contributed by atoms with Crippen LogP contribution in [0.5, 0.6) is 0 Å². The molecule has 0 bridgehead atoms. The number of hydrogen-bond donors (Lipinski definition) is 1. The van der Waals surface area contributed by atoms with Crippen LogP contribution in [0.1, 0.15) is 136 Å². The van der Waals surface area contributed by atoms with Crippen LogP contribution in [0.2, 0.25) is 0 Å². The van der Waals surface area contributed by atoms with Crippen molar-refractivity contribution in [1.29, 1.82) is 0 Å². The summed E-state index contributed by atoms with van der Waals surface area (Å²) in [6.45, 7) is 3.90. The number of rotatable bonds is 38. The van der Waals surface area contributed by atoms with Gasteiger partial charge in [-0.3, -0.25) is 14.2 Å². The zero-order valence-electron chi connectivity index (χ0n) is 37.3. The maximum atomic E-state index is 12.7. The number of allylic oxidation sites excluding steroid dienone is 14. The van der Waals surface area contributed by atoms with Crippen molar-refractivity contribution in [2.24, 2.45) is 0 Å². The number of carbonyl (C=O) groups is 2. The topological polar surface area (TPSA) is 131 Å². The lowest BCUT2D eigenvalue weighted by molar-refractivity contribution is -0.870. The van der Waals surface area contributed by atoms with E-state index in [1.165, 1.54) is 38.5 Å². The van der Waals surface area contributed by atoms with Crippen LogP contribution in [0.4, 0.5) is 0 Å². The van der Waals surface area contributed by atoms with E-state index in [0.29, 0.717) is 43.1 Å². The number of likely N-dealkylation sites (N-methyl/N-ethyl adjacent to an activating group) is 1. The molecule has 3 atom stereocenters. The highest BCUT2D eigenvalue weighted by Crippen LogP contribution is 2.38. The van der Waals surface area contributed by atoms with E-state index in [0.717, 1.165) is 38.5 Å². The molecular weight excluding hydrogens is 765 g/mol. The third-order valence-electron chi connectivity index (χ3n) is 8.66. The van der Waals surface area contributed by atoms with Crippen LogP contribution in [0.15, 0.2) is 97.2 Å². The molecule has 336 valence electrons. The third-order valence-corrected chi connectivity index (χ3v) is 9.62. The predicted octanol–water partition coefficient (Wildman–Crippen LogP) is 10.9. The Bertz CT molecular complexity index is 1340. The number of carbonyl (C=O) groups excluding carboxylic acids is 2. The van der Waals surface area contributed by atoms with Crippen LogP contribution in [0.3, 0.4) is 0 Å². The maximum absolute atomic E-state index is 12.7. The Labute approximate surface area is 358 Å². The minimum absolute atomic E-state index is 0.0704. The van der Waals surface area contributed by atoms with Gasteiger partial charge in [0.2, 0.25) is 0 Å². The summed E-state index contributed by atoms with van der Waals surface area (Å²) >= 11 is 0. The number of aliphatic hydroxyl groups is 1. The van der Waals surface area contributed by atoms with Crippen LogP contribution in [-0.4, -0.2) is 81.2 Å². The molecule has 0 radical (unpaired) electrons. The minimum Gasteiger partial charge on any atom is -0.756 e. The molecule has 0 saturated carbocycles. The lowest BCUT2D eigenvalue weighted by atomic mass is 10.2. The molecule has 11 heteroatoms. The Morgan fingerprint density at radius 3 is 1.66 bits per heavy atom. The van der Waals surface area contributed by atoms with Crippen molar-refractivity contribution in [3.63, 3.8) is 0 Å². The van der Waals surface area contributed by atoms with Gasteiger partial charge in [-0.05, 0) is 83.5 Å². The molecule has 0 fully saturated rings. The van der Waals surface area contributed by atoms with E-state index in [-0.39, 0.29) is 26.1 Å². The number of hydrogen-bond acceptors (Lipinski definition) is 9. The number of esters is 2. The van der Waals surface area contributed by atoms with Gasteiger partial charge in [0.05, 0.1) is 33.9 Å². The molecule has 0 saturated heterocycles. The first-order chi connectivity index (χ1) is 28.4. The fraction of sp³-hybridized carbons (Fsp3) is 0.625. The second-order valence-corrected chi connectivity index (χ2v) is 17.0. The van der Waals surface area contributed by atoms with Crippen molar-refractivity contribution in [3.05, 3.63) is 97.2 Å². The molecule has 10 nitrogen and oxygen atoms in total. The number of nitrogens with zero attached hydrogens (tertiary/aromatic N) is 1. The van der Waals surface area contributed by atoms with Crippen molar-refractivity contribution in [1.82, 2.24) is 0 Å². The zero-order chi connectivity index (χ0) is 43.7. The van der Waals surface area contributed by atoms with Crippen LogP contribution >= 0.6 is 7.82 Å². The van der Waals surface area contributed by atoms with Gasteiger partial charge in [-0.15, -0.1) is 0 Å². The molecule has 0 rings (SSSR count). The van der Waals surface area contributed by atoms with Crippen molar-refractivity contribution in [2.45, 2.75) is 148 Å². The first kappa shape index (κ1) is 55.9. The largest absolute Gasteiger partial charge is 0.756 e. The molecule has 0 aromatic rings. The van der Waals surface area contributed by atoms with E-state index in [1.807, 2.05) is 45.4 Å². The highest BCUT2D eigenvalue weighted by atomic mass is 31.2. The number of ether oxygens (including phenoxy) is 2. The number of phosphoric acid groups is 1. The summed E-state index contributed by atoms with van der Waals surface area (Å²) in [5.74, 6) is -1.04. The quantitative estimate of drug-likeness (QED) is 0.0161.